The molecule has 0 heterocycles. The molecule has 0 radical (unpaired) electrons. The van der Waals surface area contributed by atoms with Crippen LogP contribution in [0.3, 0.4) is 0 Å². The van der Waals surface area contributed by atoms with Crippen LogP contribution >= 0.6 is 50.1 Å². The first-order valence-electron chi connectivity index (χ1n) is 3.38. The number of rotatable bonds is 4. The highest BCUT2D eigenvalue weighted by Crippen LogP contribution is 2.26. The largest absolute Gasteiger partial charge is 0.0874 e. The van der Waals surface area contributed by atoms with Gasteiger partial charge in [-0.1, -0.05) is 31.4 Å². The van der Waals surface area contributed by atoms with Gasteiger partial charge < -0.3 is 0 Å². The summed E-state index contributed by atoms with van der Waals surface area (Å²) in [5.74, 6) is 0. The molecule has 0 aromatic carbocycles. The Morgan fingerprint density at radius 1 is 1.50 bits per heavy atom. The van der Waals surface area contributed by atoms with E-state index in [4.69, 9.17) is 11.6 Å². The fourth-order valence-corrected chi connectivity index (χ4v) is 1.23. The van der Waals surface area contributed by atoms with Gasteiger partial charge in [0.05, 0.1) is 2.49 Å². The van der Waals surface area contributed by atoms with Crippen molar-refractivity contribution in [2.75, 3.05) is 0 Å². The van der Waals surface area contributed by atoms with Gasteiger partial charge in [0.1, 0.15) is 0 Å². The van der Waals surface area contributed by atoms with Crippen LogP contribution < -0.4 is 0 Å². The first kappa shape index (κ1) is 11.2. The van der Waals surface area contributed by atoms with Crippen molar-refractivity contribution in [2.24, 2.45) is 0 Å². The molecule has 0 saturated carbocycles. The molecule has 0 aromatic rings. The van der Waals surface area contributed by atoms with Crippen LogP contribution in [0.25, 0.3) is 0 Å². The minimum atomic E-state index is 0.953. The quantitative estimate of drug-likeness (QED) is 0.510. The topological polar surface area (TPSA) is 0 Å². The Balaban J connectivity index is 3.40. The molecule has 60 valence electrons. The van der Waals surface area contributed by atoms with Crippen LogP contribution in [0.5, 0.6) is 0 Å². The molecule has 10 heavy (non-hydrogen) atoms. The fourth-order valence-electron chi connectivity index (χ4n) is 0.625. The van der Waals surface area contributed by atoms with Crippen molar-refractivity contribution in [3.63, 3.8) is 0 Å². The Bertz CT molecular complexity index is 119. The van der Waals surface area contributed by atoms with Gasteiger partial charge in [-0.15, -0.1) is 0 Å². The third kappa shape index (κ3) is 5.98. The molecule has 0 saturated heterocycles. The molecule has 0 fully saturated rings. The van der Waals surface area contributed by atoms with Gasteiger partial charge in [-0.3, -0.25) is 0 Å². The number of halogens is 3. The van der Waals surface area contributed by atoms with E-state index >= 15 is 0 Å². The van der Waals surface area contributed by atoms with Crippen molar-refractivity contribution in [2.45, 2.75) is 32.6 Å². The van der Waals surface area contributed by atoms with E-state index in [9.17, 15) is 0 Å². The summed E-state index contributed by atoms with van der Waals surface area (Å²) in [5, 5.41) is 0.953. The Morgan fingerprint density at radius 3 is 2.50 bits per heavy atom. The van der Waals surface area contributed by atoms with Crippen molar-refractivity contribution in [1.29, 1.82) is 0 Å². The molecule has 0 atom stereocenters. The van der Waals surface area contributed by atoms with Crippen LogP contribution in [0.15, 0.2) is 7.52 Å². The summed E-state index contributed by atoms with van der Waals surface area (Å²) in [6.07, 6.45) is 4.74. The number of hydrogen-bond donors (Lipinski definition) is 0. The molecule has 0 aromatic heterocycles. The molecule has 0 N–H and O–H groups in total. The van der Waals surface area contributed by atoms with Crippen LogP contribution in [0.2, 0.25) is 0 Å². The molecule has 0 rings (SSSR count). The molecule has 0 bridgehead atoms. The average molecular weight is 337 g/mol. The maximum atomic E-state index is 5.88. The molecular weight excluding hydrogens is 326 g/mol. The zero-order chi connectivity index (χ0) is 7.98. The Morgan fingerprint density at radius 2 is 2.10 bits per heavy atom. The Hall–Kier alpha value is 1.24. The lowest BCUT2D eigenvalue weighted by atomic mass is 10.2. The second-order valence-electron chi connectivity index (χ2n) is 2.12. The molecule has 0 unspecified atom stereocenters. The summed E-state index contributed by atoms with van der Waals surface area (Å²) in [7, 11) is 0. The predicted molar refractivity (Wildman–Crippen MR) is 60.0 cm³/mol. The van der Waals surface area contributed by atoms with E-state index in [1.807, 2.05) is 0 Å². The van der Waals surface area contributed by atoms with Crippen molar-refractivity contribution in [3.8, 4) is 0 Å². The van der Waals surface area contributed by atoms with Crippen LogP contribution in [0.4, 0.5) is 0 Å². The van der Waals surface area contributed by atoms with Crippen molar-refractivity contribution in [1.82, 2.24) is 0 Å². The van der Waals surface area contributed by atoms with Gasteiger partial charge in [0.2, 0.25) is 0 Å². The van der Waals surface area contributed by atoms with E-state index in [0.29, 0.717) is 0 Å². The third-order valence-corrected chi connectivity index (χ3v) is 3.26. The van der Waals surface area contributed by atoms with Gasteiger partial charge in [-0.25, -0.2) is 0 Å². The highest BCUT2D eigenvalue weighted by Gasteiger charge is 1.96. The maximum absolute atomic E-state index is 5.88. The van der Waals surface area contributed by atoms with Crippen LogP contribution in [0, 0.1) is 0 Å². The summed E-state index contributed by atoms with van der Waals surface area (Å²) in [5.41, 5.74) is 0. The lowest BCUT2D eigenvalue weighted by Gasteiger charge is -1.97. The van der Waals surface area contributed by atoms with E-state index in [2.05, 4.69) is 45.4 Å². The van der Waals surface area contributed by atoms with Crippen LogP contribution in [-0.4, -0.2) is 0 Å². The smallest absolute Gasteiger partial charge is 0.0704 e. The molecule has 0 nitrogen and oxygen atoms in total. The summed E-state index contributed by atoms with van der Waals surface area (Å²) in [4.78, 5) is 0. The van der Waals surface area contributed by atoms with Crippen LogP contribution in [0.1, 0.15) is 32.6 Å². The predicted octanol–water partition coefficient (Wildman–Crippen LogP) is 4.80. The van der Waals surface area contributed by atoms with Gasteiger partial charge in [0, 0.05) is 5.03 Å². The van der Waals surface area contributed by atoms with Crippen molar-refractivity contribution in [3.05, 3.63) is 7.52 Å². The maximum Gasteiger partial charge on any atom is 0.0704 e. The summed E-state index contributed by atoms with van der Waals surface area (Å²) in [6, 6.07) is 0. The van der Waals surface area contributed by atoms with E-state index < -0.39 is 0 Å². The molecular formula is C7H11BrClI. The zero-order valence-corrected chi connectivity index (χ0v) is 10.5. The van der Waals surface area contributed by atoms with Gasteiger partial charge in [-0.05, 0) is 51.4 Å². The first-order valence-corrected chi connectivity index (χ1v) is 5.63. The normalized spacial score (nSPS) is 13.2. The number of unbranched alkanes of at least 4 members (excludes halogenated alkanes) is 2. The summed E-state index contributed by atoms with van der Waals surface area (Å²) in [6.45, 7) is 2.19. The highest BCUT2D eigenvalue weighted by molar-refractivity contribution is 14.1. The van der Waals surface area contributed by atoms with Gasteiger partial charge in [-0.2, -0.15) is 0 Å². The van der Waals surface area contributed by atoms with E-state index in [1.54, 1.807) is 0 Å². The van der Waals surface area contributed by atoms with Gasteiger partial charge in [0.25, 0.3) is 0 Å². The van der Waals surface area contributed by atoms with Crippen molar-refractivity contribution >= 4 is 50.1 Å². The van der Waals surface area contributed by atoms with Crippen molar-refractivity contribution < 1.29 is 0 Å². The average Bonchev–Trinajstić information content (AvgIpc) is 1.88. The molecule has 0 aliphatic rings. The van der Waals surface area contributed by atoms with E-state index in [0.717, 1.165) is 13.9 Å². The summed E-state index contributed by atoms with van der Waals surface area (Å²) >= 11 is 11.4. The number of allylic oxidation sites excluding steroid dienone is 1. The van der Waals surface area contributed by atoms with Gasteiger partial charge >= 0.3 is 0 Å². The monoisotopic (exact) mass is 336 g/mol. The second kappa shape index (κ2) is 6.92. The Labute approximate surface area is 89.7 Å². The molecule has 3 heteroatoms. The van der Waals surface area contributed by atoms with E-state index in [-0.39, 0.29) is 0 Å². The highest BCUT2D eigenvalue weighted by atomic mass is 127. The Kier molecular flexibility index (Phi) is 7.78. The molecule has 0 amide bonds. The third-order valence-electron chi connectivity index (χ3n) is 1.20. The fraction of sp³-hybridized carbons (Fsp3) is 0.714. The van der Waals surface area contributed by atoms with E-state index in [1.165, 1.54) is 19.3 Å². The summed E-state index contributed by atoms with van der Waals surface area (Å²) < 4.78 is 1.04. The van der Waals surface area contributed by atoms with Crippen LogP contribution in [-0.2, 0) is 0 Å². The molecule has 0 spiro atoms. The van der Waals surface area contributed by atoms with Gasteiger partial charge in [0.15, 0.2) is 0 Å². The number of hydrogen-bond acceptors (Lipinski definition) is 0. The zero-order valence-electron chi connectivity index (χ0n) is 5.96. The minimum absolute atomic E-state index is 0.953. The SMILES string of the molecule is CCCCC/C(Cl)=C(/Br)I. The lowest BCUT2D eigenvalue weighted by molar-refractivity contribution is 0.725. The minimum Gasteiger partial charge on any atom is -0.0874 e. The lowest BCUT2D eigenvalue weighted by Crippen LogP contribution is -1.75. The second-order valence-corrected chi connectivity index (χ2v) is 5.93. The first-order chi connectivity index (χ1) is 4.68. The molecule has 0 aliphatic heterocycles. The molecule has 0 aliphatic carbocycles. The standard InChI is InChI=1S/C7H11BrClI/c1-2-3-4-5-6(9)7(8)10/h2-5H2,1H3/b7-6+.